The van der Waals surface area contributed by atoms with E-state index in [0.29, 0.717) is 12.3 Å². The van der Waals surface area contributed by atoms with E-state index in [1.54, 1.807) is 6.08 Å². The van der Waals surface area contributed by atoms with Crippen LogP contribution in [0.1, 0.15) is 27.2 Å². The zero-order chi connectivity index (χ0) is 8.85. The van der Waals surface area contributed by atoms with Crippen molar-refractivity contribution < 1.29 is 9.53 Å². The third kappa shape index (κ3) is 4.59. The van der Waals surface area contributed by atoms with E-state index in [2.05, 4.69) is 6.58 Å². The van der Waals surface area contributed by atoms with Gasteiger partial charge in [-0.05, 0) is 12.8 Å². The maximum Gasteiger partial charge on any atom is 0.309 e. The van der Waals surface area contributed by atoms with Crippen molar-refractivity contribution in [3.8, 4) is 0 Å². The molecule has 64 valence electrons. The molecule has 0 aliphatic heterocycles. The number of carbonyl (C=O) groups is 1. The summed E-state index contributed by atoms with van der Waals surface area (Å²) in [7, 11) is 0. The van der Waals surface area contributed by atoms with Gasteiger partial charge in [0.05, 0.1) is 6.42 Å². The van der Waals surface area contributed by atoms with E-state index >= 15 is 0 Å². The van der Waals surface area contributed by atoms with Crippen LogP contribution in [-0.4, -0.2) is 12.1 Å². The molecule has 0 spiro atoms. The van der Waals surface area contributed by atoms with E-state index in [1.807, 2.05) is 20.8 Å². The van der Waals surface area contributed by atoms with Gasteiger partial charge in [0.2, 0.25) is 0 Å². The summed E-state index contributed by atoms with van der Waals surface area (Å²) in [4.78, 5) is 10.9. The number of rotatable bonds is 4. The zero-order valence-electron chi connectivity index (χ0n) is 7.46. The average Bonchev–Trinajstić information content (AvgIpc) is 1.87. The lowest BCUT2D eigenvalue weighted by Gasteiger charge is -2.15. The number of hydrogen-bond acceptors (Lipinski definition) is 2. The molecular formula is C9H16O2. The first-order valence-corrected chi connectivity index (χ1v) is 3.88. The molecule has 0 radical (unpaired) electrons. The Bertz CT molecular complexity index is 138. The average molecular weight is 156 g/mol. The highest BCUT2D eigenvalue weighted by atomic mass is 16.5. The van der Waals surface area contributed by atoms with Crippen molar-refractivity contribution in [2.75, 3.05) is 0 Å². The number of hydrogen-bond donors (Lipinski definition) is 0. The topological polar surface area (TPSA) is 26.3 Å². The molecule has 0 heterocycles. The van der Waals surface area contributed by atoms with Gasteiger partial charge in [-0.1, -0.05) is 19.9 Å². The highest BCUT2D eigenvalue weighted by molar-refractivity contribution is 5.71. The molecule has 1 atom stereocenters. The lowest BCUT2D eigenvalue weighted by atomic mass is 10.1. The second kappa shape index (κ2) is 4.94. The molecule has 0 aromatic rings. The molecule has 0 aliphatic carbocycles. The first kappa shape index (κ1) is 10.2. The Labute approximate surface area is 68.2 Å². The molecule has 0 bridgehead atoms. The van der Waals surface area contributed by atoms with E-state index in [1.165, 1.54) is 0 Å². The second-order valence-corrected chi connectivity index (χ2v) is 2.93. The van der Waals surface area contributed by atoms with Gasteiger partial charge < -0.3 is 4.74 Å². The molecule has 0 fully saturated rings. The van der Waals surface area contributed by atoms with Crippen molar-refractivity contribution >= 4 is 5.97 Å². The maximum absolute atomic E-state index is 10.9. The molecule has 0 aromatic heterocycles. The van der Waals surface area contributed by atoms with Crippen LogP contribution >= 0.6 is 0 Å². The predicted octanol–water partition coefficient (Wildman–Crippen LogP) is 2.15. The maximum atomic E-state index is 10.9. The van der Waals surface area contributed by atoms with Gasteiger partial charge in [-0.3, -0.25) is 4.79 Å². The summed E-state index contributed by atoms with van der Waals surface area (Å²) in [5.41, 5.74) is 0. The summed E-state index contributed by atoms with van der Waals surface area (Å²) in [5.74, 6) is 0.185. The van der Waals surface area contributed by atoms with Gasteiger partial charge in [0.25, 0.3) is 0 Å². The Hall–Kier alpha value is -0.790. The second-order valence-electron chi connectivity index (χ2n) is 2.93. The Kier molecular flexibility index (Phi) is 4.59. The van der Waals surface area contributed by atoms with E-state index in [-0.39, 0.29) is 12.1 Å². The van der Waals surface area contributed by atoms with E-state index in [9.17, 15) is 4.79 Å². The molecule has 1 unspecified atom stereocenters. The molecule has 2 nitrogen and oxygen atoms in total. The minimum absolute atomic E-state index is 0.00227. The molecule has 11 heavy (non-hydrogen) atoms. The molecule has 0 saturated carbocycles. The standard InChI is InChI=1S/C9H16O2/c1-5-6-9(10)11-8(4)7(2)3/h5,7-8H,1,6H2,2-4H3. The van der Waals surface area contributed by atoms with Crippen molar-refractivity contribution in [3.63, 3.8) is 0 Å². The third-order valence-electron chi connectivity index (χ3n) is 1.57. The van der Waals surface area contributed by atoms with Crippen molar-refractivity contribution in [1.29, 1.82) is 0 Å². The summed E-state index contributed by atoms with van der Waals surface area (Å²) in [6, 6.07) is 0. The summed E-state index contributed by atoms with van der Waals surface area (Å²) in [5, 5.41) is 0. The SMILES string of the molecule is C=CCC(=O)OC(C)C(C)C. The predicted molar refractivity (Wildman–Crippen MR) is 45.2 cm³/mol. The van der Waals surface area contributed by atoms with Crippen LogP contribution in [0.5, 0.6) is 0 Å². The van der Waals surface area contributed by atoms with Gasteiger partial charge in [0.15, 0.2) is 0 Å². The monoisotopic (exact) mass is 156 g/mol. The smallest absolute Gasteiger partial charge is 0.309 e. The highest BCUT2D eigenvalue weighted by Crippen LogP contribution is 2.06. The molecule has 0 aliphatic rings. The Morgan fingerprint density at radius 3 is 2.45 bits per heavy atom. The molecule has 0 saturated heterocycles. The van der Waals surface area contributed by atoms with Crippen LogP contribution < -0.4 is 0 Å². The van der Waals surface area contributed by atoms with Crippen LogP contribution in [0.3, 0.4) is 0 Å². The molecule has 0 aromatic carbocycles. The third-order valence-corrected chi connectivity index (χ3v) is 1.57. The van der Waals surface area contributed by atoms with Crippen molar-refractivity contribution in [1.82, 2.24) is 0 Å². The minimum atomic E-state index is -0.193. The molecular weight excluding hydrogens is 140 g/mol. The first-order chi connectivity index (χ1) is 5.07. The lowest BCUT2D eigenvalue weighted by molar-refractivity contribution is -0.149. The Balaban J connectivity index is 3.65. The first-order valence-electron chi connectivity index (χ1n) is 3.88. The van der Waals surface area contributed by atoms with Crippen molar-refractivity contribution in [2.24, 2.45) is 5.92 Å². The summed E-state index contributed by atoms with van der Waals surface area (Å²) in [6.07, 6.45) is 1.86. The fraction of sp³-hybridized carbons (Fsp3) is 0.667. The zero-order valence-corrected chi connectivity index (χ0v) is 7.46. The Morgan fingerprint density at radius 1 is 1.55 bits per heavy atom. The van der Waals surface area contributed by atoms with Crippen LogP contribution in [0.25, 0.3) is 0 Å². The fourth-order valence-electron chi connectivity index (χ4n) is 0.509. The van der Waals surface area contributed by atoms with Gasteiger partial charge in [0, 0.05) is 0 Å². The van der Waals surface area contributed by atoms with E-state index in [4.69, 9.17) is 4.74 Å². The molecule has 0 amide bonds. The van der Waals surface area contributed by atoms with Crippen LogP contribution in [0.4, 0.5) is 0 Å². The van der Waals surface area contributed by atoms with Crippen LogP contribution in [-0.2, 0) is 9.53 Å². The number of ether oxygens (including phenoxy) is 1. The van der Waals surface area contributed by atoms with Gasteiger partial charge >= 0.3 is 5.97 Å². The van der Waals surface area contributed by atoms with E-state index < -0.39 is 0 Å². The molecule has 0 rings (SSSR count). The highest BCUT2D eigenvalue weighted by Gasteiger charge is 2.10. The quantitative estimate of drug-likeness (QED) is 0.460. The molecule has 0 N–H and O–H groups in total. The number of esters is 1. The van der Waals surface area contributed by atoms with Crippen molar-refractivity contribution in [3.05, 3.63) is 12.7 Å². The van der Waals surface area contributed by atoms with Gasteiger partial charge in [-0.15, -0.1) is 6.58 Å². The number of carbonyl (C=O) groups excluding carboxylic acids is 1. The minimum Gasteiger partial charge on any atom is -0.462 e. The summed E-state index contributed by atoms with van der Waals surface area (Å²) in [6.45, 7) is 9.39. The lowest BCUT2D eigenvalue weighted by Crippen LogP contribution is -2.19. The van der Waals surface area contributed by atoms with E-state index in [0.717, 1.165) is 0 Å². The summed E-state index contributed by atoms with van der Waals surface area (Å²) >= 11 is 0. The van der Waals surface area contributed by atoms with Gasteiger partial charge in [-0.25, -0.2) is 0 Å². The van der Waals surface area contributed by atoms with Gasteiger partial charge in [0.1, 0.15) is 6.10 Å². The van der Waals surface area contributed by atoms with Crippen LogP contribution in [0, 0.1) is 5.92 Å². The Morgan fingerprint density at radius 2 is 2.09 bits per heavy atom. The van der Waals surface area contributed by atoms with Crippen LogP contribution in [0.2, 0.25) is 0 Å². The molecule has 2 heteroatoms. The fourth-order valence-corrected chi connectivity index (χ4v) is 0.509. The van der Waals surface area contributed by atoms with Crippen LogP contribution in [0.15, 0.2) is 12.7 Å². The summed E-state index contributed by atoms with van der Waals surface area (Å²) < 4.78 is 5.04. The van der Waals surface area contributed by atoms with Crippen molar-refractivity contribution in [2.45, 2.75) is 33.3 Å². The van der Waals surface area contributed by atoms with Gasteiger partial charge in [-0.2, -0.15) is 0 Å². The normalized spacial score (nSPS) is 12.7. The largest absolute Gasteiger partial charge is 0.462 e.